The number of aryl methyl sites for hydroxylation is 1. The van der Waals surface area contributed by atoms with Crippen molar-refractivity contribution in [2.45, 2.75) is 12.8 Å². The highest BCUT2D eigenvalue weighted by Gasteiger charge is 2.20. The molecule has 0 atom stereocenters. The summed E-state index contributed by atoms with van der Waals surface area (Å²) in [4.78, 5) is 26.9. The Kier molecular flexibility index (Phi) is 4.79. The quantitative estimate of drug-likeness (QED) is 0.879. The standard InChI is InChI=1S/C14H21N3O3/c1-15-7-3-12(11-15)14(20)17-6-2-5-16(9-10-17)8-4-13(18)19/h3,7,11H,2,4-6,8-10H2,1H3,(H,18,19). The van der Waals surface area contributed by atoms with Crippen molar-refractivity contribution in [3.8, 4) is 0 Å². The summed E-state index contributed by atoms with van der Waals surface area (Å²) >= 11 is 0. The molecule has 1 amide bonds. The predicted octanol–water partition coefficient (Wildman–Crippen LogP) is 0.648. The number of aromatic nitrogens is 1. The SMILES string of the molecule is Cn1ccc(C(=O)N2CCCN(CCC(=O)O)CC2)c1. The van der Waals surface area contributed by atoms with Gasteiger partial charge in [0, 0.05) is 45.6 Å². The van der Waals surface area contributed by atoms with E-state index in [9.17, 15) is 9.59 Å². The molecule has 1 fully saturated rings. The summed E-state index contributed by atoms with van der Waals surface area (Å²) in [5, 5.41) is 8.71. The normalized spacial score (nSPS) is 16.9. The minimum absolute atomic E-state index is 0.0608. The average molecular weight is 279 g/mol. The van der Waals surface area contributed by atoms with Gasteiger partial charge < -0.3 is 19.5 Å². The molecule has 1 aliphatic heterocycles. The molecule has 0 unspecified atom stereocenters. The van der Waals surface area contributed by atoms with E-state index in [-0.39, 0.29) is 12.3 Å². The molecule has 20 heavy (non-hydrogen) atoms. The minimum atomic E-state index is -0.772. The monoisotopic (exact) mass is 279 g/mol. The predicted molar refractivity (Wildman–Crippen MR) is 74.6 cm³/mol. The molecule has 2 rings (SSSR count). The Morgan fingerprint density at radius 1 is 1.25 bits per heavy atom. The van der Waals surface area contributed by atoms with Crippen LogP contribution in [0.1, 0.15) is 23.2 Å². The van der Waals surface area contributed by atoms with Crippen molar-refractivity contribution in [3.63, 3.8) is 0 Å². The number of carbonyl (C=O) groups excluding carboxylic acids is 1. The van der Waals surface area contributed by atoms with Crippen LogP contribution in [0.15, 0.2) is 18.5 Å². The van der Waals surface area contributed by atoms with Crippen LogP contribution in [0.25, 0.3) is 0 Å². The molecule has 1 N–H and O–H groups in total. The first-order valence-corrected chi connectivity index (χ1v) is 6.91. The van der Waals surface area contributed by atoms with E-state index in [0.29, 0.717) is 18.7 Å². The van der Waals surface area contributed by atoms with E-state index < -0.39 is 5.97 Å². The fourth-order valence-corrected chi connectivity index (χ4v) is 2.46. The number of carboxylic acid groups (broad SMARTS) is 1. The smallest absolute Gasteiger partial charge is 0.304 e. The van der Waals surface area contributed by atoms with Crippen molar-refractivity contribution in [3.05, 3.63) is 24.0 Å². The lowest BCUT2D eigenvalue weighted by atomic mass is 10.3. The van der Waals surface area contributed by atoms with Gasteiger partial charge in [-0.1, -0.05) is 0 Å². The molecule has 2 heterocycles. The lowest BCUT2D eigenvalue weighted by Gasteiger charge is -2.21. The van der Waals surface area contributed by atoms with Crippen molar-refractivity contribution >= 4 is 11.9 Å². The third-order valence-electron chi connectivity index (χ3n) is 3.60. The largest absolute Gasteiger partial charge is 0.481 e. The summed E-state index contributed by atoms with van der Waals surface area (Å²) < 4.78 is 1.87. The van der Waals surface area contributed by atoms with E-state index in [4.69, 9.17) is 5.11 Å². The minimum Gasteiger partial charge on any atom is -0.481 e. The van der Waals surface area contributed by atoms with Crippen molar-refractivity contribution in [2.75, 3.05) is 32.7 Å². The highest BCUT2D eigenvalue weighted by Crippen LogP contribution is 2.10. The molecule has 0 radical (unpaired) electrons. The fraction of sp³-hybridized carbons (Fsp3) is 0.571. The molecule has 0 saturated carbocycles. The third kappa shape index (κ3) is 3.84. The van der Waals surface area contributed by atoms with E-state index in [1.54, 1.807) is 0 Å². The number of nitrogens with zero attached hydrogens (tertiary/aromatic N) is 3. The lowest BCUT2D eigenvalue weighted by Crippen LogP contribution is -2.35. The summed E-state index contributed by atoms with van der Waals surface area (Å²) in [5.41, 5.74) is 0.714. The van der Waals surface area contributed by atoms with Crippen molar-refractivity contribution in [1.29, 1.82) is 0 Å². The van der Waals surface area contributed by atoms with Crippen LogP contribution < -0.4 is 0 Å². The summed E-state index contributed by atoms with van der Waals surface area (Å²) in [6.07, 6.45) is 4.74. The lowest BCUT2D eigenvalue weighted by molar-refractivity contribution is -0.137. The Balaban J connectivity index is 1.89. The van der Waals surface area contributed by atoms with Gasteiger partial charge in [-0.2, -0.15) is 0 Å². The number of hydrogen-bond acceptors (Lipinski definition) is 3. The summed E-state index contributed by atoms with van der Waals surface area (Å²) in [6, 6.07) is 1.83. The van der Waals surface area contributed by atoms with Crippen LogP contribution in [-0.4, -0.2) is 64.1 Å². The maximum absolute atomic E-state index is 12.3. The molecule has 0 aliphatic carbocycles. The van der Waals surface area contributed by atoms with Gasteiger partial charge in [-0.25, -0.2) is 0 Å². The Hall–Kier alpha value is -1.82. The van der Waals surface area contributed by atoms with E-state index in [1.165, 1.54) is 0 Å². The second-order valence-electron chi connectivity index (χ2n) is 5.20. The van der Waals surface area contributed by atoms with E-state index in [2.05, 4.69) is 4.90 Å². The first kappa shape index (κ1) is 14.6. The molecule has 1 aromatic rings. The number of carboxylic acids is 1. The molecular weight excluding hydrogens is 258 g/mol. The van der Waals surface area contributed by atoms with Gasteiger partial charge in [0.2, 0.25) is 0 Å². The Bertz CT molecular complexity index is 484. The van der Waals surface area contributed by atoms with E-state index in [1.807, 2.05) is 35.0 Å². The van der Waals surface area contributed by atoms with E-state index in [0.717, 1.165) is 26.1 Å². The maximum atomic E-state index is 12.3. The zero-order chi connectivity index (χ0) is 14.5. The summed E-state index contributed by atoms with van der Waals surface area (Å²) in [6.45, 7) is 3.55. The van der Waals surface area contributed by atoms with Crippen molar-refractivity contribution in [2.24, 2.45) is 7.05 Å². The molecular formula is C14H21N3O3. The van der Waals surface area contributed by atoms with Gasteiger partial charge in [-0.15, -0.1) is 0 Å². The number of rotatable bonds is 4. The van der Waals surface area contributed by atoms with Gasteiger partial charge in [-0.05, 0) is 19.0 Å². The highest BCUT2D eigenvalue weighted by atomic mass is 16.4. The van der Waals surface area contributed by atoms with Gasteiger partial charge in [-0.3, -0.25) is 9.59 Å². The zero-order valence-corrected chi connectivity index (χ0v) is 11.8. The summed E-state index contributed by atoms with van der Waals surface area (Å²) in [5.74, 6) is -0.711. The van der Waals surface area contributed by atoms with Crippen LogP contribution >= 0.6 is 0 Å². The second-order valence-corrected chi connectivity index (χ2v) is 5.20. The van der Waals surface area contributed by atoms with Crippen LogP contribution in [0.3, 0.4) is 0 Å². The molecule has 1 saturated heterocycles. The van der Waals surface area contributed by atoms with Crippen molar-refractivity contribution in [1.82, 2.24) is 14.4 Å². The van der Waals surface area contributed by atoms with Gasteiger partial charge in [0.1, 0.15) is 0 Å². The fourth-order valence-electron chi connectivity index (χ4n) is 2.46. The molecule has 0 bridgehead atoms. The molecule has 0 spiro atoms. The van der Waals surface area contributed by atoms with Crippen LogP contribution in [-0.2, 0) is 11.8 Å². The van der Waals surface area contributed by atoms with Gasteiger partial charge in [0.15, 0.2) is 0 Å². The number of hydrogen-bond donors (Lipinski definition) is 1. The Morgan fingerprint density at radius 3 is 2.70 bits per heavy atom. The molecule has 110 valence electrons. The molecule has 1 aliphatic rings. The first-order valence-electron chi connectivity index (χ1n) is 6.91. The second kappa shape index (κ2) is 6.56. The molecule has 6 nitrogen and oxygen atoms in total. The Morgan fingerprint density at radius 2 is 2.05 bits per heavy atom. The van der Waals surface area contributed by atoms with Crippen LogP contribution in [0, 0.1) is 0 Å². The Labute approximate surface area is 118 Å². The molecule has 6 heteroatoms. The summed E-state index contributed by atoms with van der Waals surface area (Å²) in [7, 11) is 1.90. The topological polar surface area (TPSA) is 65.8 Å². The third-order valence-corrected chi connectivity index (χ3v) is 3.60. The van der Waals surface area contributed by atoms with Crippen LogP contribution in [0.5, 0.6) is 0 Å². The maximum Gasteiger partial charge on any atom is 0.304 e. The van der Waals surface area contributed by atoms with Gasteiger partial charge in [0.05, 0.1) is 12.0 Å². The van der Waals surface area contributed by atoms with Gasteiger partial charge >= 0.3 is 5.97 Å². The first-order chi connectivity index (χ1) is 9.56. The number of carbonyl (C=O) groups is 2. The zero-order valence-electron chi connectivity index (χ0n) is 11.8. The van der Waals surface area contributed by atoms with Crippen LogP contribution in [0.2, 0.25) is 0 Å². The molecule has 1 aromatic heterocycles. The average Bonchev–Trinajstić information content (AvgIpc) is 2.71. The van der Waals surface area contributed by atoms with Crippen molar-refractivity contribution < 1.29 is 14.7 Å². The highest BCUT2D eigenvalue weighted by molar-refractivity contribution is 5.94. The molecule has 0 aromatic carbocycles. The number of aliphatic carboxylic acids is 1. The number of amides is 1. The van der Waals surface area contributed by atoms with E-state index >= 15 is 0 Å². The van der Waals surface area contributed by atoms with Gasteiger partial charge in [0.25, 0.3) is 5.91 Å². The van der Waals surface area contributed by atoms with Crippen LogP contribution in [0.4, 0.5) is 0 Å².